The molecule has 0 atom stereocenters. The summed E-state index contributed by atoms with van der Waals surface area (Å²) in [6.45, 7) is 13.1. The Balaban J connectivity index is 0.00000361. The molecular formula is C16H26INO2. The largest absolute Gasteiger partial charge is 1.00 e. The maximum Gasteiger partial charge on any atom is 0.338 e. The third kappa shape index (κ3) is 5.05. The summed E-state index contributed by atoms with van der Waals surface area (Å²) in [6.07, 6.45) is 0. The zero-order valence-corrected chi connectivity index (χ0v) is 15.1. The van der Waals surface area contributed by atoms with Crippen molar-refractivity contribution in [3.63, 3.8) is 0 Å². The van der Waals surface area contributed by atoms with Gasteiger partial charge in [-0.1, -0.05) is 18.2 Å². The van der Waals surface area contributed by atoms with Crippen molar-refractivity contribution in [2.24, 2.45) is 0 Å². The first kappa shape index (κ1) is 19.4. The summed E-state index contributed by atoms with van der Waals surface area (Å²) in [7, 11) is 0. The van der Waals surface area contributed by atoms with Crippen LogP contribution < -0.4 is 24.0 Å². The predicted molar refractivity (Wildman–Crippen MR) is 78.2 cm³/mol. The third-order valence-electron chi connectivity index (χ3n) is 4.18. The number of carbonyl (C=O) groups excluding carboxylic acids is 1. The molecular weight excluding hydrogens is 365 g/mol. The number of carbonyl (C=O) groups is 1. The molecule has 0 bridgehead atoms. The number of quaternary nitrogens is 1. The van der Waals surface area contributed by atoms with E-state index < -0.39 is 0 Å². The fourth-order valence-electron chi connectivity index (χ4n) is 2.36. The summed E-state index contributed by atoms with van der Waals surface area (Å²) in [5.74, 6) is -0.209. The number of benzene rings is 1. The molecule has 0 spiro atoms. The van der Waals surface area contributed by atoms with E-state index in [0.29, 0.717) is 12.2 Å². The molecule has 114 valence electrons. The first-order chi connectivity index (χ1) is 9.08. The first-order valence-corrected chi connectivity index (χ1v) is 7.16. The van der Waals surface area contributed by atoms with Crippen molar-refractivity contribution in [3.05, 3.63) is 35.4 Å². The molecule has 0 aromatic heterocycles. The van der Waals surface area contributed by atoms with Gasteiger partial charge in [-0.3, -0.25) is 0 Å². The standard InChI is InChI=1S/C16H26NO2.HI/c1-5-17(6-2,7-3)12-13-19-16(18)15-11-9-8-10-14(15)4;/h8-11H,5-7,12-13H2,1-4H3;1H/q+1;/p-1. The smallest absolute Gasteiger partial charge is 0.338 e. The van der Waals surface area contributed by atoms with Gasteiger partial charge in [0, 0.05) is 0 Å². The summed E-state index contributed by atoms with van der Waals surface area (Å²) < 4.78 is 6.42. The van der Waals surface area contributed by atoms with Crippen LogP contribution in [0.4, 0.5) is 0 Å². The maximum absolute atomic E-state index is 12.0. The predicted octanol–water partition coefficient (Wildman–Crippen LogP) is 0.0323. The molecule has 0 N–H and O–H groups in total. The van der Waals surface area contributed by atoms with Crippen molar-refractivity contribution in [3.8, 4) is 0 Å². The summed E-state index contributed by atoms with van der Waals surface area (Å²) in [5, 5.41) is 0. The number of rotatable bonds is 7. The van der Waals surface area contributed by atoms with Gasteiger partial charge >= 0.3 is 5.97 Å². The second-order valence-corrected chi connectivity index (χ2v) is 4.96. The minimum absolute atomic E-state index is 0. The summed E-state index contributed by atoms with van der Waals surface area (Å²) in [6, 6.07) is 7.55. The normalized spacial score (nSPS) is 10.8. The van der Waals surface area contributed by atoms with Crippen molar-refractivity contribution in [2.45, 2.75) is 27.7 Å². The molecule has 0 saturated heterocycles. The van der Waals surface area contributed by atoms with Crippen LogP contribution >= 0.6 is 0 Å². The van der Waals surface area contributed by atoms with E-state index in [1.807, 2.05) is 31.2 Å². The molecule has 0 aliphatic rings. The minimum atomic E-state index is -0.209. The van der Waals surface area contributed by atoms with E-state index >= 15 is 0 Å². The number of halogens is 1. The Kier molecular flexibility index (Phi) is 9.05. The number of likely N-dealkylation sites (N-methyl/N-ethyl adjacent to an activating group) is 1. The van der Waals surface area contributed by atoms with Crippen LogP contribution in [0.25, 0.3) is 0 Å². The molecule has 20 heavy (non-hydrogen) atoms. The van der Waals surface area contributed by atoms with E-state index in [-0.39, 0.29) is 29.9 Å². The average molecular weight is 391 g/mol. The minimum Gasteiger partial charge on any atom is -1.00 e. The Morgan fingerprint density at radius 2 is 1.65 bits per heavy atom. The van der Waals surface area contributed by atoms with Crippen LogP contribution in [0.3, 0.4) is 0 Å². The van der Waals surface area contributed by atoms with Gasteiger partial charge in [0.2, 0.25) is 0 Å². The molecule has 0 radical (unpaired) electrons. The maximum atomic E-state index is 12.0. The van der Waals surface area contributed by atoms with Gasteiger partial charge in [-0.05, 0) is 39.3 Å². The van der Waals surface area contributed by atoms with Crippen LogP contribution in [0.5, 0.6) is 0 Å². The quantitative estimate of drug-likeness (QED) is 0.373. The van der Waals surface area contributed by atoms with Gasteiger partial charge in [-0.2, -0.15) is 0 Å². The molecule has 0 fully saturated rings. The molecule has 0 amide bonds. The van der Waals surface area contributed by atoms with E-state index in [9.17, 15) is 4.79 Å². The lowest BCUT2D eigenvalue weighted by molar-refractivity contribution is -0.923. The average Bonchev–Trinajstić information content (AvgIpc) is 2.44. The molecule has 1 aromatic carbocycles. The monoisotopic (exact) mass is 391 g/mol. The van der Waals surface area contributed by atoms with Crippen LogP contribution in [-0.2, 0) is 4.74 Å². The van der Waals surface area contributed by atoms with E-state index in [1.54, 1.807) is 0 Å². The Morgan fingerprint density at radius 1 is 1.10 bits per heavy atom. The second-order valence-electron chi connectivity index (χ2n) is 4.96. The molecule has 0 aliphatic carbocycles. The highest BCUT2D eigenvalue weighted by Gasteiger charge is 2.21. The Labute approximate surface area is 139 Å². The topological polar surface area (TPSA) is 26.3 Å². The van der Waals surface area contributed by atoms with Gasteiger partial charge in [0.1, 0.15) is 13.2 Å². The van der Waals surface area contributed by atoms with Gasteiger partial charge in [0.15, 0.2) is 0 Å². The van der Waals surface area contributed by atoms with E-state index in [1.165, 1.54) is 0 Å². The van der Waals surface area contributed by atoms with Crippen molar-refractivity contribution in [2.75, 3.05) is 32.8 Å². The number of hydrogen-bond acceptors (Lipinski definition) is 2. The van der Waals surface area contributed by atoms with Crippen molar-refractivity contribution < 1.29 is 38.0 Å². The van der Waals surface area contributed by atoms with E-state index in [4.69, 9.17) is 4.74 Å². The Hall–Kier alpha value is -0.620. The van der Waals surface area contributed by atoms with Crippen LogP contribution in [0.1, 0.15) is 36.7 Å². The molecule has 0 heterocycles. The zero-order valence-electron chi connectivity index (χ0n) is 13.0. The zero-order chi connectivity index (χ0) is 14.3. The first-order valence-electron chi connectivity index (χ1n) is 7.16. The van der Waals surface area contributed by atoms with Crippen LogP contribution in [0.2, 0.25) is 0 Å². The van der Waals surface area contributed by atoms with Crippen LogP contribution in [0, 0.1) is 6.92 Å². The summed E-state index contributed by atoms with van der Waals surface area (Å²) in [5.41, 5.74) is 1.64. The number of ether oxygens (including phenoxy) is 1. The highest BCUT2D eigenvalue weighted by molar-refractivity contribution is 5.90. The van der Waals surface area contributed by atoms with Gasteiger partial charge in [0.25, 0.3) is 0 Å². The molecule has 1 aromatic rings. The molecule has 0 saturated carbocycles. The van der Waals surface area contributed by atoms with Gasteiger partial charge in [0.05, 0.1) is 25.2 Å². The van der Waals surface area contributed by atoms with E-state index in [2.05, 4.69) is 20.8 Å². The lowest BCUT2D eigenvalue weighted by atomic mass is 10.1. The molecule has 3 nitrogen and oxygen atoms in total. The fourth-order valence-corrected chi connectivity index (χ4v) is 2.36. The Morgan fingerprint density at radius 3 is 2.15 bits per heavy atom. The third-order valence-corrected chi connectivity index (χ3v) is 4.18. The summed E-state index contributed by atoms with van der Waals surface area (Å²) >= 11 is 0. The van der Waals surface area contributed by atoms with Crippen molar-refractivity contribution >= 4 is 5.97 Å². The molecule has 4 heteroatoms. The van der Waals surface area contributed by atoms with Crippen LogP contribution in [-0.4, -0.2) is 43.2 Å². The lowest BCUT2D eigenvalue weighted by Crippen LogP contribution is -3.00. The highest BCUT2D eigenvalue weighted by Crippen LogP contribution is 2.10. The van der Waals surface area contributed by atoms with E-state index in [0.717, 1.165) is 36.2 Å². The molecule has 0 unspecified atom stereocenters. The van der Waals surface area contributed by atoms with Crippen molar-refractivity contribution in [1.82, 2.24) is 0 Å². The van der Waals surface area contributed by atoms with Crippen molar-refractivity contribution in [1.29, 1.82) is 0 Å². The lowest BCUT2D eigenvalue weighted by Gasteiger charge is -2.35. The Bertz CT molecular complexity index is 408. The molecule has 1 rings (SSSR count). The van der Waals surface area contributed by atoms with Crippen LogP contribution in [0.15, 0.2) is 24.3 Å². The summed E-state index contributed by atoms with van der Waals surface area (Å²) in [4.78, 5) is 12.0. The second kappa shape index (κ2) is 9.34. The molecule has 0 aliphatic heterocycles. The SMILES string of the molecule is CC[N+](CC)(CC)CCOC(=O)c1ccccc1C.[I-]. The number of aryl methyl sites for hydroxylation is 1. The highest BCUT2D eigenvalue weighted by atomic mass is 127. The fraction of sp³-hybridized carbons (Fsp3) is 0.562. The number of hydrogen-bond donors (Lipinski definition) is 0. The number of esters is 1. The number of nitrogens with zero attached hydrogens (tertiary/aromatic N) is 1. The van der Waals surface area contributed by atoms with Gasteiger partial charge in [-0.25, -0.2) is 4.79 Å². The van der Waals surface area contributed by atoms with Gasteiger partial charge < -0.3 is 33.2 Å². The van der Waals surface area contributed by atoms with Gasteiger partial charge in [-0.15, -0.1) is 0 Å².